The van der Waals surface area contributed by atoms with Gasteiger partial charge < -0.3 is 119 Å². The maximum absolute atomic E-state index is 14.3. The number of ether oxygens (including phenoxy) is 8. The normalized spacial score (nSPS) is 40.6. The van der Waals surface area contributed by atoms with Gasteiger partial charge in [-0.05, 0) is 32.0 Å². The number of phenolic OH excluding ortho intramolecular Hbond substituents is 4. The number of aliphatic hydroxyl groups is 11. The van der Waals surface area contributed by atoms with Crippen LogP contribution in [0.1, 0.15) is 13.8 Å². The zero-order valence-corrected chi connectivity index (χ0v) is 33.6. The molecule has 356 valence electrons. The third-order valence-corrected chi connectivity index (χ3v) is 11.5. The van der Waals surface area contributed by atoms with E-state index in [0.717, 1.165) is 24.3 Å². The third-order valence-electron chi connectivity index (χ3n) is 11.5. The van der Waals surface area contributed by atoms with Crippen LogP contribution in [0.2, 0.25) is 0 Å². The zero-order valence-electron chi connectivity index (χ0n) is 33.6. The van der Waals surface area contributed by atoms with Crippen LogP contribution in [0, 0.1) is 0 Å². The Bertz CT molecular complexity index is 2150. The topological polar surface area (TPSA) is 408 Å². The van der Waals surface area contributed by atoms with E-state index in [0.29, 0.717) is 0 Å². The lowest BCUT2D eigenvalue weighted by molar-refractivity contribution is -0.379. The van der Waals surface area contributed by atoms with Crippen LogP contribution < -0.4 is 10.2 Å². The van der Waals surface area contributed by atoms with Gasteiger partial charge in [-0.15, -0.1) is 0 Å². The van der Waals surface area contributed by atoms with Crippen molar-refractivity contribution in [3.05, 3.63) is 40.6 Å². The molecular formula is C39H50O25. The molecule has 25 heteroatoms. The van der Waals surface area contributed by atoms with Gasteiger partial charge in [0.2, 0.25) is 17.5 Å². The first-order valence-electron chi connectivity index (χ1n) is 19.9. The number of hydrogen-bond acceptors (Lipinski definition) is 25. The van der Waals surface area contributed by atoms with Crippen LogP contribution in [0.25, 0.3) is 22.3 Å². The van der Waals surface area contributed by atoms with E-state index >= 15 is 0 Å². The van der Waals surface area contributed by atoms with E-state index in [2.05, 4.69) is 0 Å². The van der Waals surface area contributed by atoms with Gasteiger partial charge in [-0.25, -0.2) is 0 Å². The van der Waals surface area contributed by atoms with Gasteiger partial charge in [0.05, 0.1) is 25.4 Å². The third kappa shape index (κ3) is 9.06. The second kappa shape index (κ2) is 19.0. The van der Waals surface area contributed by atoms with Gasteiger partial charge >= 0.3 is 0 Å². The summed E-state index contributed by atoms with van der Waals surface area (Å²) in [7, 11) is 0. The fourth-order valence-corrected chi connectivity index (χ4v) is 7.73. The molecule has 0 saturated carbocycles. The highest BCUT2D eigenvalue weighted by atomic mass is 16.8. The van der Waals surface area contributed by atoms with Crippen LogP contribution in [0.4, 0.5) is 0 Å². The SMILES string of the molecule is C[C@@H]1O[C@@H](OC[C@H]2O[C@@H](Oc3c(-c4ccc(O)c(O)c4)oc4cc(O)cc(O)c4c3=O)[C@H](O[C@@H]3O[C@@H](C)[C@H](O)[C@@H](O[C@@H]4O[C@H](CO)[C@@H](O)[C@H](O)[C@H]4O)[C@H]3O)[C@@H](O)[C@H]2O)[C@H](O)[C@H](O)[C@H]1O. The quantitative estimate of drug-likeness (QED) is 0.0801. The molecule has 1 aromatic heterocycles. The number of rotatable bonds is 11. The van der Waals surface area contributed by atoms with E-state index in [4.69, 9.17) is 42.3 Å². The van der Waals surface area contributed by atoms with Crippen molar-refractivity contribution >= 4 is 11.0 Å². The Hall–Kier alpha value is -4.07. The van der Waals surface area contributed by atoms with Crippen LogP contribution in [0.3, 0.4) is 0 Å². The smallest absolute Gasteiger partial charge is 0.239 e. The summed E-state index contributed by atoms with van der Waals surface area (Å²) in [6, 6.07) is 4.93. The number of aliphatic hydroxyl groups excluding tert-OH is 11. The molecule has 0 bridgehead atoms. The summed E-state index contributed by atoms with van der Waals surface area (Å²) >= 11 is 0. The van der Waals surface area contributed by atoms with Crippen molar-refractivity contribution in [3.8, 4) is 40.1 Å². The van der Waals surface area contributed by atoms with Gasteiger partial charge in [0, 0.05) is 17.7 Å². The molecule has 0 unspecified atom stereocenters. The molecule has 25 nitrogen and oxygen atoms in total. The van der Waals surface area contributed by atoms with E-state index in [-0.39, 0.29) is 5.56 Å². The molecule has 3 aromatic rings. The maximum Gasteiger partial charge on any atom is 0.239 e. The van der Waals surface area contributed by atoms with Crippen molar-refractivity contribution < 1.29 is 119 Å². The Labute approximate surface area is 360 Å². The van der Waals surface area contributed by atoms with Crippen LogP contribution in [-0.4, -0.2) is 213 Å². The molecule has 2 aromatic carbocycles. The summed E-state index contributed by atoms with van der Waals surface area (Å²) in [6.45, 7) is 1.06. The summed E-state index contributed by atoms with van der Waals surface area (Å²) in [5, 5.41) is 158. The number of phenols is 4. The van der Waals surface area contributed by atoms with Crippen molar-refractivity contribution in [3.63, 3.8) is 0 Å². The largest absolute Gasteiger partial charge is 0.508 e. The predicted octanol–water partition coefficient (Wildman–Crippen LogP) is -5.01. The number of fused-ring (bicyclic) bond motifs is 1. The molecule has 5 heterocycles. The second-order valence-electron chi connectivity index (χ2n) is 15.9. The van der Waals surface area contributed by atoms with Crippen molar-refractivity contribution in [2.75, 3.05) is 13.2 Å². The van der Waals surface area contributed by atoms with Crippen molar-refractivity contribution in [2.24, 2.45) is 0 Å². The molecule has 0 spiro atoms. The van der Waals surface area contributed by atoms with E-state index in [1.54, 1.807) is 0 Å². The molecule has 4 aliphatic heterocycles. The standard InChI is InChI=1S/C39H50O25/c1-10-21(45)26(50)29(53)36(57-10)56-9-19-24(48)28(52)35(64-38-31(55)33(22(46)11(2)58-38)62-37-30(54)27(51)23(47)18(8-40)60-37)39(61-19)63-34-25(49)20-16(44)6-13(41)7-17(20)59-32(34)12-3-4-14(42)15(43)5-12/h3-7,10-11,18-19,21-24,26-31,33,35-48,50-55H,8-9H2,1-2H3/t10-,11-,18+,19+,21-,22-,23+,24-,26+,27-,28-,29+,30+,31+,33+,35+,36+,37-,38-,39-/m0/s1. The lowest BCUT2D eigenvalue weighted by Gasteiger charge is -2.48. The molecule has 7 rings (SSSR count). The van der Waals surface area contributed by atoms with E-state index in [1.165, 1.54) is 19.9 Å². The maximum atomic E-state index is 14.3. The number of hydrogen-bond donors (Lipinski definition) is 15. The number of aromatic hydroxyl groups is 4. The van der Waals surface area contributed by atoms with Crippen LogP contribution in [0.15, 0.2) is 39.5 Å². The van der Waals surface area contributed by atoms with E-state index in [1.807, 2.05) is 0 Å². The molecule has 0 radical (unpaired) electrons. The highest BCUT2D eigenvalue weighted by Gasteiger charge is 2.54. The predicted molar refractivity (Wildman–Crippen MR) is 204 cm³/mol. The van der Waals surface area contributed by atoms with Gasteiger partial charge in [0.25, 0.3) is 0 Å². The molecule has 4 aliphatic rings. The summed E-state index contributed by atoms with van der Waals surface area (Å²) < 4.78 is 51.8. The summed E-state index contributed by atoms with van der Waals surface area (Å²) in [5.74, 6) is -3.99. The number of benzene rings is 2. The Kier molecular flexibility index (Phi) is 14.2. The first kappa shape index (κ1) is 47.9. The highest BCUT2D eigenvalue weighted by molar-refractivity contribution is 5.88. The second-order valence-corrected chi connectivity index (χ2v) is 15.9. The van der Waals surface area contributed by atoms with Crippen molar-refractivity contribution in [1.82, 2.24) is 0 Å². The van der Waals surface area contributed by atoms with E-state index in [9.17, 15) is 81.4 Å². The van der Waals surface area contributed by atoms with Crippen molar-refractivity contribution in [1.29, 1.82) is 0 Å². The Morgan fingerprint density at radius 2 is 1.16 bits per heavy atom. The van der Waals surface area contributed by atoms with Gasteiger partial charge in [-0.1, -0.05) is 0 Å². The monoisotopic (exact) mass is 918 g/mol. The Balaban J connectivity index is 1.25. The molecular weight excluding hydrogens is 868 g/mol. The molecule has 0 aliphatic carbocycles. The average Bonchev–Trinajstić information content (AvgIpc) is 3.25. The first-order chi connectivity index (χ1) is 30.2. The Morgan fingerprint density at radius 1 is 0.562 bits per heavy atom. The Morgan fingerprint density at radius 3 is 1.84 bits per heavy atom. The van der Waals surface area contributed by atoms with Gasteiger partial charge in [-0.3, -0.25) is 4.79 Å². The van der Waals surface area contributed by atoms with Crippen LogP contribution in [0.5, 0.6) is 28.7 Å². The zero-order chi connectivity index (χ0) is 46.6. The van der Waals surface area contributed by atoms with Crippen LogP contribution >= 0.6 is 0 Å². The lowest BCUT2D eigenvalue weighted by Crippen LogP contribution is -2.66. The summed E-state index contributed by atoms with van der Waals surface area (Å²) in [5.41, 5.74) is -1.71. The van der Waals surface area contributed by atoms with Gasteiger partial charge in [0.1, 0.15) is 102 Å². The molecule has 15 N–H and O–H groups in total. The minimum Gasteiger partial charge on any atom is -0.508 e. The molecule has 20 atom stereocenters. The highest BCUT2D eigenvalue weighted by Crippen LogP contribution is 2.41. The van der Waals surface area contributed by atoms with E-state index < -0.39 is 187 Å². The van der Waals surface area contributed by atoms with Crippen molar-refractivity contribution in [2.45, 2.75) is 137 Å². The van der Waals surface area contributed by atoms with Gasteiger partial charge in [0.15, 0.2) is 42.2 Å². The summed E-state index contributed by atoms with van der Waals surface area (Å²) in [4.78, 5) is 14.3. The molecule has 4 fully saturated rings. The molecule has 0 amide bonds. The fourth-order valence-electron chi connectivity index (χ4n) is 7.73. The molecule has 4 saturated heterocycles. The summed E-state index contributed by atoms with van der Waals surface area (Å²) in [6.07, 6.45) is -35.8. The van der Waals surface area contributed by atoms with Gasteiger partial charge in [-0.2, -0.15) is 0 Å². The molecule has 64 heavy (non-hydrogen) atoms. The average molecular weight is 919 g/mol. The minimum absolute atomic E-state index is 0.152. The lowest BCUT2D eigenvalue weighted by atomic mass is 9.96. The fraction of sp³-hybridized carbons (Fsp3) is 0.615. The first-order valence-corrected chi connectivity index (χ1v) is 19.9. The minimum atomic E-state index is -2.17. The van der Waals surface area contributed by atoms with Crippen LogP contribution in [-0.2, 0) is 33.2 Å².